The molecule has 8 rings (SSSR count). The normalized spacial score (nSPS) is 24.5. The van der Waals surface area contributed by atoms with Gasteiger partial charge in [0.05, 0.1) is 19.3 Å². The van der Waals surface area contributed by atoms with E-state index in [2.05, 4.69) is 19.1 Å². The average Bonchev–Trinajstić information content (AvgIpc) is 3.38. The smallest absolute Gasteiger partial charge is 0.209 e. The highest BCUT2D eigenvalue weighted by Gasteiger charge is 2.48. The van der Waals surface area contributed by atoms with Gasteiger partial charge in [-0.05, 0) is 31.2 Å². The number of nitrogens with zero attached hydrogens (tertiary/aromatic N) is 2. The summed E-state index contributed by atoms with van der Waals surface area (Å²) in [5, 5.41) is 0. The van der Waals surface area contributed by atoms with Gasteiger partial charge in [-0.3, -0.25) is 0 Å². The third-order valence-corrected chi connectivity index (χ3v) is 8.67. The maximum absolute atomic E-state index is 13.7. The summed E-state index contributed by atoms with van der Waals surface area (Å²) >= 11 is 0. The van der Waals surface area contributed by atoms with Crippen LogP contribution in [0.1, 0.15) is 42.5 Å². The van der Waals surface area contributed by atoms with Crippen LogP contribution in [0, 0.1) is 11.7 Å². The van der Waals surface area contributed by atoms with Gasteiger partial charge in [0.15, 0.2) is 11.9 Å². The molecule has 0 aliphatic carbocycles. The Kier molecular flexibility index (Phi) is 6.31. The number of halogens is 2. The van der Waals surface area contributed by atoms with Crippen molar-refractivity contribution in [2.75, 3.05) is 19.6 Å². The van der Waals surface area contributed by atoms with E-state index in [9.17, 15) is 4.39 Å². The lowest BCUT2D eigenvalue weighted by molar-refractivity contribution is -0.958. The van der Waals surface area contributed by atoms with Gasteiger partial charge in [-0.2, -0.15) is 0 Å². The summed E-state index contributed by atoms with van der Waals surface area (Å²) in [6.45, 7) is 6.04. The van der Waals surface area contributed by atoms with Crippen LogP contribution in [0.2, 0.25) is 0 Å². The molecule has 1 aromatic heterocycles. The van der Waals surface area contributed by atoms with Gasteiger partial charge in [0.2, 0.25) is 5.89 Å². The summed E-state index contributed by atoms with van der Waals surface area (Å²) in [4.78, 5) is 4.84. The van der Waals surface area contributed by atoms with Gasteiger partial charge in [0, 0.05) is 36.0 Å². The zero-order valence-corrected chi connectivity index (χ0v) is 22.9. The van der Waals surface area contributed by atoms with E-state index >= 15 is 0 Å². The molecule has 4 aliphatic heterocycles. The van der Waals surface area contributed by atoms with Crippen molar-refractivity contribution in [1.29, 1.82) is 0 Å². The van der Waals surface area contributed by atoms with Gasteiger partial charge in [0.1, 0.15) is 41.6 Å². The molecule has 5 nitrogen and oxygen atoms in total. The highest BCUT2D eigenvalue weighted by Crippen LogP contribution is 2.51. The maximum atomic E-state index is 13.7. The molecule has 5 heterocycles. The van der Waals surface area contributed by atoms with Crippen LogP contribution in [-0.4, -0.2) is 35.2 Å². The van der Waals surface area contributed by atoms with Crippen molar-refractivity contribution in [3.63, 3.8) is 0 Å². The number of benzene rings is 3. The van der Waals surface area contributed by atoms with Gasteiger partial charge in [0.25, 0.3) is 0 Å². The molecule has 196 valence electrons. The molecule has 1 unspecified atom stereocenters. The van der Waals surface area contributed by atoms with E-state index in [4.69, 9.17) is 18.9 Å². The van der Waals surface area contributed by atoms with Crippen molar-refractivity contribution in [2.45, 2.75) is 37.8 Å². The summed E-state index contributed by atoms with van der Waals surface area (Å²) in [7, 11) is 0. The largest absolute Gasteiger partial charge is 1.00 e. The third-order valence-electron chi connectivity index (χ3n) is 8.67. The predicted molar refractivity (Wildman–Crippen MR) is 137 cm³/mol. The van der Waals surface area contributed by atoms with Crippen molar-refractivity contribution < 1.29 is 39.7 Å². The highest BCUT2D eigenvalue weighted by atomic mass is 79.9. The minimum atomic E-state index is -0.554. The molecule has 0 N–H and O–H groups in total. The zero-order chi connectivity index (χ0) is 25.0. The Labute approximate surface area is 232 Å². The Morgan fingerprint density at radius 3 is 2.34 bits per heavy atom. The van der Waals surface area contributed by atoms with Crippen molar-refractivity contribution >= 4 is 0 Å². The number of fused-ring (bicyclic) bond motifs is 5. The molecule has 3 aromatic carbocycles. The molecule has 0 spiro atoms. The summed E-state index contributed by atoms with van der Waals surface area (Å²) in [6.07, 6.45) is 4.20. The molecule has 38 heavy (non-hydrogen) atoms. The van der Waals surface area contributed by atoms with Crippen LogP contribution in [0.15, 0.2) is 83.4 Å². The maximum Gasteiger partial charge on any atom is 0.209 e. The predicted octanol–water partition coefficient (Wildman–Crippen LogP) is 3.47. The Hall–Kier alpha value is -3.16. The van der Waals surface area contributed by atoms with Crippen LogP contribution in [0.5, 0.6) is 17.2 Å². The quantitative estimate of drug-likeness (QED) is 0.341. The van der Waals surface area contributed by atoms with Crippen molar-refractivity contribution in [1.82, 2.24) is 4.98 Å². The Morgan fingerprint density at radius 1 is 0.974 bits per heavy atom. The van der Waals surface area contributed by atoms with Crippen LogP contribution in [0.4, 0.5) is 4.39 Å². The van der Waals surface area contributed by atoms with Gasteiger partial charge >= 0.3 is 0 Å². The molecule has 2 bridgehead atoms. The fraction of sp³-hybridized carbons (Fsp3) is 0.323. The lowest BCUT2D eigenvalue weighted by atomic mass is 9.74. The van der Waals surface area contributed by atoms with E-state index in [1.165, 1.54) is 12.1 Å². The molecule has 0 saturated carbocycles. The number of oxazole rings is 1. The van der Waals surface area contributed by atoms with Gasteiger partial charge in [-0.25, -0.2) is 9.37 Å². The Bertz CT molecular complexity index is 1420. The number of para-hydroxylation sites is 2. The van der Waals surface area contributed by atoms with Crippen LogP contribution < -0.4 is 26.5 Å². The molecule has 7 heteroatoms. The van der Waals surface area contributed by atoms with Gasteiger partial charge in [-0.1, -0.05) is 42.5 Å². The molecule has 3 saturated heterocycles. The molecular weight excluding hydrogens is 547 g/mol. The van der Waals surface area contributed by atoms with E-state index < -0.39 is 5.41 Å². The zero-order valence-electron chi connectivity index (χ0n) is 21.3. The minimum Gasteiger partial charge on any atom is -1.00 e. The number of hydrogen-bond donors (Lipinski definition) is 0. The summed E-state index contributed by atoms with van der Waals surface area (Å²) < 4.78 is 33.8. The fourth-order valence-electron chi connectivity index (χ4n) is 6.67. The first-order chi connectivity index (χ1) is 18.0. The molecule has 0 radical (unpaired) electrons. The van der Waals surface area contributed by atoms with Crippen LogP contribution in [-0.2, 0) is 12.0 Å². The SMILES string of the molecule is CC1(c2ncc(C[N+]34CCC(CC3)C(Oc3cccc(F)c3)C4)o2)c2ccccc2Oc2ccccc21.[Br-]. The number of quaternary nitrogens is 1. The Morgan fingerprint density at radius 2 is 1.66 bits per heavy atom. The van der Waals surface area contributed by atoms with E-state index in [0.29, 0.717) is 17.6 Å². The van der Waals surface area contributed by atoms with Crippen molar-refractivity contribution in [3.05, 3.63) is 108 Å². The number of rotatable bonds is 5. The van der Waals surface area contributed by atoms with Gasteiger partial charge in [-0.15, -0.1) is 0 Å². The lowest BCUT2D eigenvalue weighted by Crippen LogP contribution is -3.00. The second-order valence-electron chi connectivity index (χ2n) is 10.9. The third kappa shape index (κ3) is 4.12. The molecule has 3 fully saturated rings. The van der Waals surface area contributed by atoms with E-state index in [1.807, 2.05) is 48.7 Å². The monoisotopic (exact) mass is 576 g/mol. The molecule has 0 amide bonds. The lowest BCUT2D eigenvalue weighted by Gasteiger charge is -2.51. The second-order valence-corrected chi connectivity index (χ2v) is 10.9. The first-order valence-corrected chi connectivity index (χ1v) is 13.1. The second kappa shape index (κ2) is 9.54. The van der Waals surface area contributed by atoms with E-state index in [1.54, 1.807) is 6.07 Å². The summed E-state index contributed by atoms with van der Waals surface area (Å²) in [6, 6.07) is 22.7. The number of ether oxygens (including phenoxy) is 2. The topological polar surface area (TPSA) is 44.5 Å². The van der Waals surface area contributed by atoms with Crippen LogP contribution >= 0.6 is 0 Å². The highest BCUT2D eigenvalue weighted by molar-refractivity contribution is 5.60. The molecule has 4 aromatic rings. The van der Waals surface area contributed by atoms with E-state index in [-0.39, 0.29) is 28.9 Å². The van der Waals surface area contributed by atoms with E-state index in [0.717, 1.165) is 71.9 Å². The fourth-order valence-corrected chi connectivity index (χ4v) is 6.67. The standard InChI is InChI=1S/C31H30FN2O3.BrH/c1-31(25-9-2-4-11-27(25)37-28-12-5-3-10-26(28)31)30-33-18-24(36-30)19-34-15-13-21(14-16-34)29(20-34)35-23-8-6-7-22(32)17-23;/h2-12,17-18,21,29H,13-16,19-20H2,1H3;1H/q+1;/p-1. The Balaban J connectivity index is 0.00000264. The summed E-state index contributed by atoms with van der Waals surface area (Å²) in [5.41, 5.74) is 1.55. The first-order valence-electron chi connectivity index (χ1n) is 13.1. The summed E-state index contributed by atoms with van der Waals surface area (Å²) in [5.74, 6) is 4.11. The number of aromatic nitrogens is 1. The average molecular weight is 577 g/mol. The van der Waals surface area contributed by atoms with Gasteiger partial charge < -0.3 is 35.4 Å². The van der Waals surface area contributed by atoms with Crippen LogP contribution in [0.25, 0.3) is 0 Å². The van der Waals surface area contributed by atoms with Crippen molar-refractivity contribution in [2.24, 2.45) is 5.92 Å². The number of piperidine rings is 3. The molecular formula is C31H30BrFN2O3. The number of hydrogen-bond acceptors (Lipinski definition) is 4. The molecule has 1 atom stereocenters. The molecule has 4 aliphatic rings. The first kappa shape index (κ1) is 25.1. The minimum absolute atomic E-state index is 0. The van der Waals surface area contributed by atoms with Crippen molar-refractivity contribution in [3.8, 4) is 17.2 Å². The van der Waals surface area contributed by atoms with Crippen LogP contribution in [0.3, 0.4) is 0 Å².